The summed E-state index contributed by atoms with van der Waals surface area (Å²) in [6.07, 6.45) is 6.05. The number of fused-ring (bicyclic) bond motifs is 2. The van der Waals surface area contributed by atoms with Crippen molar-refractivity contribution in [2.45, 2.75) is 32.2 Å². The van der Waals surface area contributed by atoms with E-state index in [0.29, 0.717) is 27.4 Å². The van der Waals surface area contributed by atoms with Crippen molar-refractivity contribution in [1.82, 2.24) is 9.55 Å². The second-order valence-electron chi connectivity index (χ2n) is 8.31. The second-order valence-corrected chi connectivity index (χ2v) is 9.17. The number of benzene rings is 2. The van der Waals surface area contributed by atoms with Crippen LogP contribution in [-0.2, 0) is 24.2 Å². The number of hydrogen-bond acceptors (Lipinski definition) is 6. The average Bonchev–Trinajstić information content (AvgIpc) is 3.30. The average molecular weight is 476 g/mol. The van der Waals surface area contributed by atoms with E-state index in [2.05, 4.69) is 28.5 Å². The number of carbonyl (C=O) groups excluding carboxylic acids is 1. The molecule has 0 atom stereocenters. The Labute approximate surface area is 201 Å². The maximum absolute atomic E-state index is 13.4. The Morgan fingerprint density at radius 1 is 1.09 bits per heavy atom. The fourth-order valence-electron chi connectivity index (χ4n) is 4.44. The van der Waals surface area contributed by atoms with E-state index in [0.717, 1.165) is 24.0 Å². The molecule has 2 aromatic carbocycles. The smallest absolute Gasteiger partial charge is 0.263 e. The molecule has 0 radical (unpaired) electrons. The van der Waals surface area contributed by atoms with Gasteiger partial charge in [0, 0.05) is 17.0 Å². The summed E-state index contributed by atoms with van der Waals surface area (Å²) in [5, 5.41) is 5.34. The van der Waals surface area contributed by atoms with E-state index < -0.39 is 0 Å². The lowest BCUT2D eigenvalue weighted by atomic mass is 9.89. The van der Waals surface area contributed by atoms with Crippen molar-refractivity contribution in [1.29, 1.82) is 0 Å². The molecule has 34 heavy (non-hydrogen) atoms. The number of rotatable bonds is 6. The van der Waals surface area contributed by atoms with Crippen LogP contribution in [-0.4, -0.2) is 29.7 Å². The maximum atomic E-state index is 13.4. The fourth-order valence-corrected chi connectivity index (χ4v) is 5.35. The molecule has 5 rings (SSSR count). The Morgan fingerprint density at radius 3 is 2.71 bits per heavy atom. The summed E-state index contributed by atoms with van der Waals surface area (Å²) in [5.74, 6) is 0.742. The minimum atomic E-state index is -0.350. The molecular weight excluding hydrogens is 450 g/mol. The zero-order valence-electron chi connectivity index (χ0n) is 19.1. The van der Waals surface area contributed by atoms with Gasteiger partial charge in [0.25, 0.3) is 5.56 Å². The van der Waals surface area contributed by atoms with E-state index in [4.69, 9.17) is 9.47 Å². The third-order valence-corrected chi connectivity index (χ3v) is 7.10. The van der Waals surface area contributed by atoms with Crippen molar-refractivity contribution in [2.75, 3.05) is 19.5 Å². The SMILES string of the molecule is COc1ccc(NC(=O)Cn2cnc3scc(-c4ccc5c(c4)CCCC5)c3c2=O)c(OC)c1. The predicted octanol–water partition coefficient (Wildman–Crippen LogP) is 4.66. The fraction of sp³-hybridized carbons (Fsp3) is 0.269. The monoisotopic (exact) mass is 475 g/mol. The van der Waals surface area contributed by atoms with Gasteiger partial charge in [-0.2, -0.15) is 0 Å². The van der Waals surface area contributed by atoms with Crippen molar-refractivity contribution >= 4 is 33.1 Å². The first-order chi connectivity index (χ1) is 16.6. The summed E-state index contributed by atoms with van der Waals surface area (Å²) >= 11 is 1.45. The Bertz CT molecular complexity index is 1440. The first kappa shape index (κ1) is 22.2. The standard InChI is InChI=1S/C26H25N3O4S/c1-32-19-9-10-21(22(12-19)33-2)28-23(30)13-29-15-27-25-24(26(29)31)20(14-34-25)18-8-7-16-5-3-4-6-17(16)11-18/h7-12,14-15H,3-6,13H2,1-2H3,(H,28,30). The first-order valence-electron chi connectivity index (χ1n) is 11.2. The Morgan fingerprint density at radius 2 is 1.91 bits per heavy atom. The van der Waals surface area contributed by atoms with Crippen LogP contribution in [0.2, 0.25) is 0 Å². The molecule has 1 amide bonds. The Hall–Kier alpha value is -3.65. The summed E-state index contributed by atoms with van der Waals surface area (Å²) in [6.45, 7) is -0.156. The summed E-state index contributed by atoms with van der Waals surface area (Å²) in [7, 11) is 3.08. The molecule has 0 aliphatic heterocycles. The molecule has 174 valence electrons. The van der Waals surface area contributed by atoms with Crippen molar-refractivity contribution in [3.05, 3.63) is 69.6 Å². The summed E-state index contributed by atoms with van der Waals surface area (Å²) in [5.41, 5.74) is 4.93. The highest BCUT2D eigenvalue weighted by Crippen LogP contribution is 2.33. The van der Waals surface area contributed by atoms with Crippen LogP contribution in [0.15, 0.2) is 52.9 Å². The third kappa shape index (κ3) is 4.17. The Balaban J connectivity index is 1.44. The van der Waals surface area contributed by atoms with Crippen LogP contribution in [0.3, 0.4) is 0 Å². The molecule has 0 spiro atoms. The van der Waals surface area contributed by atoms with E-state index in [9.17, 15) is 9.59 Å². The molecule has 2 heterocycles. The predicted molar refractivity (Wildman–Crippen MR) is 134 cm³/mol. The van der Waals surface area contributed by atoms with Gasteiger partial charge in [-0.15, -0.1) is 11.3 Å². The molecule has 2 aromatic heterocycles. The number of nitrogens with one attached hydrogen (secondary N) is 1. The molecular formula is C26H25N3O4S. The number of methoxy groups -OCH3 is 2. The lowest BCUT2D eigenvalue weighted by molar-refractivity contribution is -0.116. The van der Waals surface area contributed by atoms with E-state index >= 15 is 0 Å². The molecule has 0 saturated carbocycles. The number of thiophene rings is 1. The van der Waals surface area contributed by atoms with Crippen molar-refractivity contribution in [3.63, 3.8) is 0 Å². The quantitative estimate of drug-likeness (QED) is 0.439. The first-order valence-corrected chi connectivity index (χ1v) is 12.1. The van der Waals surface area contributed by atoms with E-state index in [-0.39, 0.29) is 18.0 Å². The van der Waals surface area contributed by atoms with Crippen LogP contribution in [0.4, 0.5) is 5.69 Å². The number of aryl methyl sites for hydroxylation is 2. The van der Waals surface area contributed by atoms with Crippen LogP contribution in [0, 0.1) is 0 Å². The van der Waals surface area contributed by atoms with Gasteiger partial charge in [-0.1, -0.05) is 18.2 Å². The maximum Gasteiger partial charge on any atom is 0.263 e. The molecule has 1 N–H and O–H groups in total. The number of ether oxygens (including phenoxy) is 2. The van der Waals surface area contributed by atoms with Gasteiger partial charge in [0.1, 0.15) is 22.9 Å². The summed E-state index contributed by atoms with van der Waals surface area (Å²) in [4.78, 5) is 31.3. The molecule has 7 nitrogen and oxygen atoms in total. The van der Waals surface area contributed by atoms with E-state index in [1.165, 1.54) is 53.3 Å². The summed E-state index contributed by atoms with van der Waals surface area (Å²) in [6, 6.07) is 11.6. The molecule has 1 aliphatic carbocycles. The number of aromatic nitrogens is 2. The van der Waals surface area contributed by atoms with Crippen molar-refractivity contribution in [3.8, 4) is 22.6 Å². The van der Waals surface area contributed by atoms with Crippen LogP contribution < -0.4 is 20.3 Å². The molecule has 4 aromatic rings. The largest absolute Gasteiger partial charge is 0.497 e. The second kappa shape index (κ2) is 9.30. The van der Waals surface area contributed by atoms with E-state index in [1.54, 1.807) is 25.3 Å². The molecule has 0 bridgehead atoms. The van der Waals surface area contributed by atoms with Gasteiger partial charge < -0.3 is 14.8 Å². The minimum absolute atomic E-state index is 0.156. The number of nitrogens with zero attached hydrogens (tertiary/aromatic N) is 2. The van der Waals surface area contributed by atoms with Gasteiger partial charge >= 0.3 is 0 Å². The highest BCUT2D eigenvalue weighted by atomic mass is 32.1. The molecule has 0 saturated heterocycles. The van der Waals surface area contributed by atoms with Crippen LogP contribution in [0.5, 0.6) is 11.5 Å². The van der Waals surface area contributed by atoms with Crippen LogP contribution in [0.1, 0.15) is 24.0 Å². The minimum Gasteiger partial charge on any atom is -0.497 e. The topological polar surface area (TPSA) is 82.5 Å². The van der Waals surface area contributed by atoms with Crippen LogP contribution >= 0.6 is 11.3 Å². The normalized spacial score (nSPS) is 12.9. The number of anilines is 1. The number of hydrogen-bond donors (Lipinski definition) is 1. The molecule has 0 fully saturated rings. The zero-order valence-corrected chi connectivity index (χ0v) is 19.9. The van der Waals surface area contributed by atoms with Crippen molar-refractivity contribution in [2.24, 2.45) is 0 Å². The molecule has 0 unspecified atom stereocenters. The lowest BCUT2D eigenvalue weighted by Crippen LogP contribution is -2.28. The molecule has 1 aliphatic rings. The van der Waals surface area contributed by atoms with Gasteiger partial charge in [0.15, 0.2) is 0 Å². The van der Waals surface area contributed by atoms with Gasteiger partial charge in [-0.25, -0.2) is 4.98 Å². The van der Waals surface area contributed by atoms with Gasteiger partial charge in [-0.05, 0) is 54.5 Å². The van der Waals surface area contributed by atoms with Gasteiger partial charge in [-0.3, -0.25) is 14.2 Å². The highest BCUT2D eigenvalue weighted by molar-refractivity contribution is 7.17. The number of carbonyl (C=O) groups is 1. The molecule has 8 heteroatoms. The van der Waals surface area contributed by atoms with E-state index in [1.807, 2.05) is 5.38 Å². The lowest BCUT2D eigenvalue weighted by Gasteiger charge is -2.16. The highest BCUT2D eigenvalue weighted by Gasteiger charge is 2.17. The van der Waals surface area contributed by atoms with Crippen LogP contribution in [0.25, 0.3) is 21.3 Å². The van der Waals surface area contributed by atoms with Crippen molar-refractivity contribution < 1.29 is 14.3 Å². The van der Waals surface area contributed by atoms with Gasteiger partial charge in [0.05, 0.1) is 31.6 Å². The Kier molecular flexibility index (Phi) is 6.06. The van der Waals surface area contributed by atoms with Gasteiger partial charge in [0.2, 0.25) is 5.91 Å². The summed E-state index contributed by atoms with van der Waals surface area (Å²) < 4.78 is 11.9. The zero-order chi connectivity index (χ0) is 23.7. The number of amides is 1. The third-order valence-electron chi connectivity index (χ3n) is 6.22.